The van der Waals surface area contributed by atoms with Crippen molar-refractivity contribution in [3.05, 3.63) is 167 Å². The van der Waals surface area contributed by atoms with E-state index >= 15 is 4.79 Å². The number of nitriles is 1. The van der Waals surface area contributed by atoms with Gasteiger partial charge in [0.1, 0.15) is 74.2 Å². The summed E-state index contributed by atoms with van der Waals surface area (Å²) in [6, 6.07) is 22.5. The molecule has 0 radical (unpaired) electrons. The molecule has 0 spiro atoms. The highest BCUT2D eigenvalue weighted by Gasteiger charge is 2.55. The fraction of sp³-hybridized carbons (Fsp3) is 0.394. The van der Waals surface area contributed by atoms with Crippen LogP contribution >= 0.6 is 46.6 Å². The van der Waals surface area contributed by atoms with E-state index in [1.807, 2.05) is 92.7 Å². The second-order valence-electron chi connectivity index (χ2n) is 21.4. The predicted molar refractivity (Wildman–Crippen MR) is 341 cm³/mol. The molecule has 2 amide bonds. The number of nitrogens with one attached hydrogen (secondary N) is 2. The van der Waals surface area contributed by atoms with Crippen LogP contribution < -0.4 is 48.5 Å². The summed E-state index contributed by atoms with van der Waals surface area (Å²) in [6.45, 7) is 17.2. The molecule has 5 aromatic carbocycles. The normalized spacial score (nSPS) is 17.5. The Morgan fingerprint density at radius 2 is 1.32 bits per heavy atom. The van der Waals surface area contributed by atoms with Crippen LogP contribution in [-0.2, 0) is 39.6 Å². The highest BCUT2D eigenvalue weighted by Crippen LogP contribution is 2.58. The fourth-order valence-electron chi connectivity index (χ4n) is 11.3. The zero-order valence-corrected chi connectivity index (χ0v) is 54.3. The lowest BCUT2D eigenvalue weighted by atomic mass is 9.80. The maximum Gasteiger partial charge on any atom is 0.408 e. The molecule has 3 heterocycles. The second-order valence-corrected chi connectivity index (χ2v) is 25.1. The molecule has 1 fully saturated rings. The van der Waals surface area contributed by atoms with Crippen molar-refractivity contribution in [3.63, 3.8) is 0 Å². The zero-order chi connectivity index (χ0) is 64.9. The molecule has 2 N–H and O–H groups in total. The first-order chi connectivity index (χ1) is 43.2. The zero-order valence-electron chi connectivity index (χ0n) is 51.2. The number of carbonyl (C=O) groups is 3. The van der Waals surface area contributed by atoms with Crippen LogP contribution in [0.25, 0.3) is 0 Å². The minimum absolute atomic E-state index is 0.00563. The number of thioether (sulfide) groups is 1. The predicted octanol–water partition coefficient (Wildman–Crippen LogP) is 11.9. The maximum absolute atomic E-state index is 15.7. The van der Waals surface area contributed by atoms with Gasteiger partial charge in [0.05, 0.1) is 64.0 Å². The SMILES string of the molecule is C=CCOC(=O)N[C@@H](Cc1cc(C)c(OC)c(OCC=C)c1)[C@H](C#N)N1[C@@H]2COC(C)(C)O[C@@H]2c2c(OCC=C)c(C)c3c(c2[C@@H]1COC(=O)[C@H](CSC(c1ccc(OC)cc1)(c1ccc(OC)cc1)c1ccc(OC)cc1)NC(=O)OCC(Cl)(Cl)Cl)OCO3. The van der Waals surface area contributed by atoms with E-state index in [9.17, 15) is 14.9 Å². The molecule has 5 aromatic rings. The second kappa shape index (κ2) is 30.4. The molecule has 0 unspecified atom stereocenters. The molecule has 0 saturated carbocycles. The van der Waals surface area contributed by atoms with Gasteiger partial charge in [-0.25, -0.2) is 14.4 Å². The van der Waals surface area contributed by atoms with Crippen LogP contribution in [0.2, 0.25) is 0 Å². The standard InChI is InChI=1S/C66H73Cl3N4O16S/c1-12-27-81-53-32-41(30-39(4)56(53)80-11)31-48(71-62(75)83-29-14-3)50(33-70)73-51(54-55(59-52(73)35-88-64(6,7)89-59)57(82-28-13-2)40(5)58-60(54)87-38-86-58)34-84-61(74)49(72-63(76)85-37-65(67,68)69)36-90-66(42-15-21-45(77-8)22-16-42,43-17-23-46(78-9)24-18-43)44-19-25-47(79-10)26-20-44/h12-26,30,32,48-52,59H,1-3,27-29,31,34-38H2,4-11H3,(H,71,75)(H,72,76)/t48-,49-,50-,51-,52+,59-/m0/s1. The van der Waals surface area contributed by atoms with Gasteiger partial charge in [-0.15, -0.1) is 11.8 Å². The Balaban J connectivity index is 1.30. The molecule has 20 nitrogen and oxygen atoms in total. The lowest BCUT2D eigenvalue weighted by Crippen LogP contribution is -2.63. The number of amides is 2. The minimum atomic E-state index is -2.02. The van der Waals surface area contributed by atoms with Crippen LogP contribution in [0.3, 0.4) is 0 Å². The van der Waals surface area contributed by atoms with Gasteiger partial charge in [-0.2, -0.15) is 5.26 Å². The van der Waals surface area contributed by atoms with E-state index in [4.69, 9.17) is 96.4 Å². The molecule has 3 aliphatic rings. The first-order valence-corrected chi connectivity index (χ1v) is 30.7. The molecule has 0 aromatic heterocycles. The van der Waals surface area contributed by atoms with E-state index in [2.05, 4.69) is 36.4 Å². The van der Waals surface area contributed by atoms with Gasteiger partial charge in [-0.1, -0.05) is 115 Å². The summed E-state index contributed by atoms with van der Waals surface area (Å²) in [4.78, 5) is 45.5. The number of carbonyl (C=O) groups excluding carboxylic acids is 3. The number of aryl methyl sites for hydroxylation is 1. The van der Waals surface area contributed by atoms with Crippen LogP contribution in [-0.4, -0.2) is 137 Å². The lowest BCUT2D eigenvalue weighted by molar-refractivity contribution is -0.305. The lowest BCUT2D eigenvalue weighted by Gasteiger charge is -2.54. The largest absolute Gasteiger partial charge is 0.497 e. The number of halogens is 3. The van der Waals surface area contributed by atoms with Gasteiger partial charge in [0.15, 0.2) is 28.8 Å². The molecule has 3 aliphatic heterocycles. The summed E-state index contributed by atoms with van der Waals surface area (Å²) in [5.41, 5.74) is 5.05. The van der Waals surface area contributed by atoms with E-state index in [-0.39, 0.29) is 51.1 Å². The van der Waals surface area contributed by atoms with Crippen molar-refractivity contribution in [1.82, 2.24) is 15.5 Å². The van der Waals surface area contributed by atoms with Crippen LogP contribution in [0.15, 0.2) is 123 Å². The number of fused-ring (bicyclic) bond motifs is 5. The molecule has 0 aliphatic carbocycles. The number of alkyl carbamates (subject to hydrolysis) is 2. The van der Waals surface area contributed by atoms with Crippen molar-refractivity contribution in [3.8, 4) is 52.1 Å². The van der Waals surface area contributed by atoms with Gasteiger partial charge in [0.2, 0.25) is 10.6 Å². The van der Waals surface area contributed by atoms with Gasteiger partial charge < -0.3 is 72.2 Å². The average molecular weight is 1320 g/mol. The number of methoxy groups -OCH3 is 4. The molecule has 6 atom stereocenters. The summed E-state index contributed by atoms with van der Waals surface area (Å²) in [7, 11) is 6.23. The van der Waals surface area contributed by atoms with E-state index < -0.39 is 82.0 Å². The molecule has 90 heavy (non-hydrogen) atoms. The van der Waals surface area contributed by atoms with Crippen molar-refractivity contribution >= 4 is 64.7 Å². The van der Waals surface area contributed by atoms with Crippen LogP contribution in [0.4, 0.5) is 9.59 Å². The number of esters is 1. The van der Waals surface area contributed by atoms with Crippen molar-refractivity contribution in [2.75, 3.05) is 80.6 Å². The monoisotopic (exact) mass is 1310 g/mol. The number of benzene rings is 5. The highest BCUT2D eigenvalue weighted by atomic mass is 35.6. The van der Waals surface area contributed by atoms with Crippen molar-refractivity contribution in [2.24, 2.45) is 0 Å². The number of nitrogens with zero attached hydrogens (tertiary/aromatic N) is 2. The first kappa shape index (κ1) is 68.2. The smallest absolute Gasteiger partial charge is 0.408 e. The first-order valence-electron chi connectivity index (χ1n) is 28.6. The van der Waals surface area contributed by atoms with E-state index in [0.717, 1.165) is 16.7 Å². The number of ether oxygens (including phenoxy) is 13. The molecule has 1 saturated heterocycles. The van der Waals surface area contributed by atoms with Crippen molar-refractivity contribution in [2.45, 2.75) is 84.8 Å². The van der Waals surface area contributed by atoms with Crippen molar-refractivity contribution < 1.29 is 76.0 Å². The Kier molecular flexibility index (Phi) is 23.1. The van der Waals surface area contributed by atoms with Gasteiger partial charge >= 0.3 is 18.2 Å². The van der Waals surface area contributed by atoms with E-state index in [1.54, 1.807) is 58.3 Å². The molecule has 480 valence electrons. The van der Waals surface area contributed by atoms with Crippen LogP contribution in [0.1, 0.15) is 70.5 Å². The van der Waals surface area contributed by atoms with Gasteiger partial charge in [-0.3, -0.25) is 4.90 Å². The topological polar surface area (TPSA) is 222 Å². The highest BCUT2D eigenvalue weighted by molar-refractivity contribution is 8.00. The van der Waals surface area contributed by atoms with E-state index in [0.29, 0.717) is 68.1 Å². The quantitative estimate of drug-likeness (QED) is 0.0156. The molecular weight excluding hydrogens is 1240 g/mol. The third-order valence-corrected chi connectivity index (χ3v) is 17.2. The molecule has 0 bridgehead atoms. The molecule has 24 heteroatoms. The van der Waals surface area contributed by atoms with Crippen LogP contribution in [0, 0.1) is 25.2 Å². The summed E-state index contributed by atoms with van der Waals surface area (Å²) in [6.07, 6.45) is 1.67. The fourth-order valence-corrected chi connectivity index (χ4v) is 13.0. The summed E-state index contributed by atoms with van der Waals surface area (Å²) in [5, 5.41) is 17.6. The van der Waals surface area contributed by atoms with Crippen LogP contribution in [0.5, 0.6) is 46.0 Å². The van der Waals surface area contributed by atoms with Crippen molar-refractivity contribution in [1.29, 1.82) is 5.26 Å². The number of rotatable bonds is 28. The number of hydrogen-bond acceptors (Lipinski definition) is 19. The van der Waals surface area contributed by atoms with E-state index in [1.165, 1.54) is 24.9 Å². The summed E-state index contributed by atoms with van der Waals surface area (Å²) >= 11 is 19.6. The Labute approximate surface area is 543 Å². The third kappa shape index (κ3) is 15.5. The van der Waals surface area contributed by atoms with Gasteiger partial charge in [0.25, 0.3) is 0 Å². The number of hydrogen-bond donors (Lipinski definition) is 2. The molecular formula is C66H73Cl3N4O16S. The average Bonchev–Trinajstić information content (AvgIpc) is 1.05. The number of alkyl halides is 3. The summed E-state index contributed by atoms with van der Waals surface area (Å²) in [5.74, 6) is 1.22. The summed E-state index contributed by atoms with van der Waals surface area (Å²) < 4.78 is 75.6. The maximum atomic E-state index is 15.7. The Morgan fingerprint density at radius 1 is 0.756 bits per heavy atom. The Hall–Kier alpha value is -7.68. The Bertz CT molecular complexity index is 3300. The minimum Gasteiger partial charge on any atom is -0.497 e. The Morgan fingerprint density at radius 3 is 1.87 bits per heavy atom. The van der Waals surface area contributed by atoms with Gasteiger partial charge in [-0.05, 0) is 104 Å². The third-order valence-electron chi connectivity index (χ3n) is 15.2. The van der Waals surface area contributed by atoms with Gasteiger partial charge in [0, 0.05) is 22.4 Å². The molecule has 8 rings (SSSR count).